The highest BCUT2D eigenvalue weighted by molar-refractivity contribution is 6.33. The molecule has 3 rings (SSSR count). The van der Waals surface area contributed by atoms with Crippen LogP contribution in [0.15, 0.2) is 54.6 Å². The third-order valence-corrected chi connectivity index (χ3v) is 5.19. The minimum absolute atomic E-state index is 0.0909. The molecule has 2 aromatic carbocycles. The number of amides is 2. The van der Waals surface area contributed by atoms with E-state index >= 15 is 0 Å². The molecule has 2 N–H and O–H groups in total. The van der Waals surface area contributed by atoms with Crippen LogP contribution >= 0.6 is 11.6 Å². The lowest BCUT2D eigenvalue weighted by molar-refractivity contribution is -0.917. The quantitative estimate of drug-likeness (QED) is 0.788. The van der Waals surface area contributed by atoms with Gasteiger partial charge >= 0.3 is 0 Å². The highest BCUT2D eigenvalue weighted by atomic mass is 35.5. The largest absolute Gasteiger partial charge is 0.351 e. The summed E-state index contributed by atoms with van der Waals surface area (Å²) >= 11 is 6.02. The summed E-state index contributed by atoms with van der Waals surface area (Å²) in [5.41, 5.74) is 1.76. The fourth-order valence-corrected chi connectivity index (χ4v) is 3.54. The molecule has 0 atom stereocenters. The second kappa shape index (κ2) is 9.53. The van der Waals surface area contributed by atoms with Gasteiger partial charge < -0.3 is 15.1 Å². The number of benzene rings is 2. The maximum absolute atomic E-state index is 12.4. The third-order valence-electron chi connectivity index (χ3n) is 4.86. The highest BCUT2D eigenvalue weighted by Gasteiger charge is 2.23. The first-order chi connectivity index (χ1) is 13.1. The molecule has 0 aliphatic carbocycles. The topological polar surface area (TPSA) is 53.9 Å². The van der Waals surface area contributed by atoms with E-state index in [1.807, 2.05) is 11.0 Å². The van der Waals surface area contributed by atoms with E-state index in [1.54, 1.807) is 24.3 Å². The molecule has 0 radical (unpaired) electrons. The van der Waals surface area contributed by atoms with Crippen LogP contribution in [0.4, 0.5) is 0 Å². The van der Waals surface area contributed by atoms with Crippen molar-refractivity contribution in [2.75, 3.05) is 32.7 Å². The van der Waals surface area contributed by atoms with Gasteiger partial charge in [-0.05, 0) is 12.1 Å². The summed E-state index contributed by atoms with van der Waals surface area (Å²) in [6, 6.07) is 17.3. The molecule has 1 aliphatic heterocycles. The average molecular weight is 387 g/mol. The Hall–Kier alpha value is -2.37. The van der Waals surface area contributed by atoms with E-state index in [9.17, 15) is 9.59 Å². The van der Waals surface area contributed by atoms with E-state index in [4.69, 9.17) is 11.6 Å². The zero-order valence-corrected chi connectivity index (χ0v) is 16.0. The minimum Gasteiger partial charge on any atom is -0.351 e. The fraction of sp³-hybridized carbons (Fsp3) is 0.333. The van der Waals surface area contributed by atoms with Crippen LogP contribution in [0.3, 0.4) is 0 Å². The first-order valence-corrected chi connectivity index (χ1v) is 9.69. The van der Waals surface area contributed by atoms with Crippen molar-refractivity contribution in [3.63, 3.8) is 0 Å². The summed E-state index contributed by atoms with van der Waals surface area (Å²) in [5.74, 6) is -0.154. The summed E-state index contributed by atoms with van der Waals surface area (Å²) in [7, 11) is 0. The van der Waals surface area contributed by atoms with Crippen LogP contribution < -0.4 is 10.2 Å². The van der Waals surface area contributed by atoms with E-state index in [0.717, 1.165) is 32.7 Å². The Labute approximate surface area is 164 Å². The molecule has 0 aromatic heterocycles. The van der Waals surface area contributed by atoms with Crippen LogP contribution in [0, 0.1) is 0 Å². The number of nitrogens with one attached hydrogen (secondary N) is 2. The molecule has 1 heterocycles. The number of nitrogens with zero attached hydrogens (tertiary/aromatic N) is 1. The van der Waals surface area contributed by atoms with Gasteiger partial charge in [-0.15, -0.1) is 0 Å². The summed E-state index contributed by atoms with van der Waals surface area (Å²) in [6.07, 6.45) is 0.310. The first kappa shape index (κ1) is 19.4. The maximum Gasteiger partial charge on any atom is 0.252 e. The Morgan fingerprint density at radius 2 is 1.67 bits per heavy atom. The van der Waals surface area contributed by atoms with Gasteiger partial charge in [0.2, 0.25) is 5.91 Å². The molecule has 0 saturated carbocycles. The molecule has 0 bridgehead atoms. The molecule has 1 aliphatic rings. The molecular weight excluding hydrogens is 362 g/mol. The van der Waals surface area contributed by atoms with Crippen molar-refractivity contribution >= 4 is 23.4 Å². The summed E-state index contributed by atoms with van der Waals surface area (Å²) in [5, 5.41) is 3.19. The van der Waals surface area contributed by atoms with E-state index in [1.165, 1.54) is 10.5 Å². The van der Waals surface area contributed by atoms with Crippen molar-refractivity contribution in [3.8, 4) is 0 Å². The number of halogens is 1. The third kappa shape index (κ3) is 5.55. The molecule has 142 valence electrons. The summed E-state index contributed by atoms with van der Waals surface area (Å²) in [6.45, 7) is 4.74. The number of carbonyl (C=O) groups excluding carboxylic acids is 2. The standard InChI is InChI=1S/C21H24ClN3O2/c22-19-9-5-4-8-18(19)21(27)23-11-10-20(26)25-14-12-24(13-15-25)16-17-6-2-1-3-7-17/h1-9H,10-16H2,(H,23,27)/p+1. The van der Waals surface area contributed by atoms with Crippen LogP contribution in [0.2, 0.25) is 5.02 Å². The Bertz CT molecular complexity index is 774. The van der Waals surface area contributed by atoms with Gasteiger partial charge in [-0.2, -0.15) is 0 Å². The van der Waals surface area contributed by atoms with Crippen molar-refractivity contribution in [3.05, 3.63) is 70.7 Å². The lowest BCUT2D eigenvalue weighted by Crippen LogP contribution is -3.13. The molecule has 2 aromatic rings. The number of carbonyl (C=O) groups is 2. The van der Waals surface area contributed by atoms with E-state index in [0.29, 0.717) is 23.6 Å². The van der Waals surface area contributed by atoms with Crippen LogP contribution in [0.1, 0.15) is 22.3 Å². The van der Waals surface area contributed by atoms with Gasteiger partial charge in [-0.3, -0.25) is 9.59 Å². The second-order valence-electron chi connectivity index (χ2n) is 6.78. The predicted octanol–water partition coefficient (Wildman–Crippen LogP) is 1.39. The van der Waals surface area contributed by atoms with Gasteiger partial charge in [0.05, 0.1) is 36.8 Å². The van der Waals surface area contributed by atoms with Gasteiger partial charge in [0.1, 0.15) is 6.54 Å². The Balaban J connectivity index is 1.38. The van der Waals surface area contributed by atoms with Crippen molar-refractivity contribution in [2.45, 2.75) is 13.0 Å². The molecule has 5 nitrogen and oxygen atoms in total. The van der Waals surface area contributed by atoms with Gasteiger partial charge in [-0.1, -0.05) is 54.1 Å². The van der Waals surface area contributed by atoms with Crippen molar-refractivity contribution < 1.29 is 14.5 Å². The Kier molecular flexibility index (Phi) is 6.85. The number of rotatable bonds is 6. The fourth-order valence-electron chi connectivity index (χ4n) is 3.32. The zero-order chi connectivity index (χ0) is 19.1. The van der Waals surface area contributed by atoms with Crippen molar-refractivity contribution in [1.82, 2.24) is 10.2 Å². The smallest absolute Gasteiger partial charge is 0.252 e. The molecule has 0 spiro atoms. The lowest BCUT2D eigenvalue weighted by Gasteiger charge is -2.32. The van der Waals surface area contributed by atoms with Crippen LogP contribution in [-0.2, 0) is 11.3 Å². The van der Waals surface area contributed by atoms with Gasteiger partial charge in [0.25, 0.3) is 5.91 Å². The molecule has 2 amide bonds. The number of hydrogen-bond donors (Lipinski definition) is 2. The molecular formula is C21H25ClN3O2+. The van der Waals surface area contributed by atoms with Gasteiger partial charge in [-0.25, -0.2) is 0 Å². The normalized spacial score (nSPS) is 14.8. The predicted molar refractivity (Wildman–Crippen MR) is 106 cm³/mol. The van der Waals surface area contributed by atoms with Crippen LogP contribution in [0.25, 0.3) is 0 Å². The van der Waals surface area contributed by atoms with Crippen molar-refractivity contribution in [2.24, 2.45) is 0 Å². The summed E-state index contributed by atoms with van der Waals surface area (Å²) < 4.78 is 0. The lowest BCUT2D eigenvalue weighted by atomic mass is 10.2. The summed E-state index contributed by atoms with van der Waals surface area (Å²) in [4.78, 5) is 27.9. The molecule has 0 unspecified atom stereocenters. The SMILES string of the molecule is O=C(NCCC(=O)N1CC[NH+](Cc2ccccc2)CC1)c1ccccc1Cl. The molecule has 1 fully saturated rings. The van der Waals surface area contributed by atoms with Crippen LogP contribution in [0.5, 0.6) is 0 Å². The maximum atomic E-state index is 12.4. The average Bonchev–Trinajstić information content (AvgIpc) is 2.69. The molecule has 27 heavy (non-hydrogen) atoms. The number of piperazine rings is 1. The second-order valence-corrected chi connectivity index (χ2v) is 7.19. The van der Waals surface area contributed by atoms with E-state index < -0.39 is 0 Å². The van der Waals surface area contributed by atoms with Gasteiger partial charge in [0.15, 0.2) is 0 Å². The van der Waals surface area contributed by atoms with Crippen LogP contribution in [-0.4, -0.2) is 49.4 Å². The first-order valence-electron chi connectivity index (χ1n) is 9.31. The van der Waals surface area contributed by atoms with Crippen molar-refractivity contribution in [1.29, 1.82) is 0 Å². The molecule has 1 saturated heterocycles. The molecule has 6 heteroatoms. The van der Waals surface area contributed by atoms with E-state index in [2.05, 4.69) is 29.6 Å². The Morgan fingerprint density at radius 1 is 1.00 bits per heavy atom. The highest BCUT2D eigenvalue weighted by Crippen LogP contribution is 2.14. The Morgan fingerprint density at radius 3 is 2.37 bits per heavy atom. The monoisotopic (exact) mass is 386 g/mol. The van der Waals surface area contributed by atoms with Gasteiger partial charge in [0, 0.05) is 18.5 Å². The minimum atomic E-state index is -0.245. The zero-order valence-electron chi connectivity index (χ0n) is 15.3. The number of hydrogen-bond acceptors (Lipinski definition) is 2. The number of quaternary nitrogens is 1. The van der Waals surface area contributed by atoms with E-state index in [-0.39, 0.29) is 11.8 Å².